The molecule has 1 aliphatic rings. The van der Waals surface area contributed by atoms with E-state index in [2.05, 4.69) is 10.3 Å². The molecule has 2 atom stereocenters. The second-order valence-electron chi connectivity index (χ2n) is 4.22. The van der Waals surface area contributed by atoms with E-state index in [9.17, 15) is 9.59 Å². The van der Waals surface area contributed by atoms with Gasteiger partial charge in [-0.2, -0.15) is 0 Å². The van der Waals surface area contributed by atoms with E-state index in [1.165, 1.54) is 0 Å². The van der Waals surface area contributed by atoms with Crippen LogP contribution in [0.3, 0.4) is 0 Å². The lowest BCUT2D eigenvalue weighted by Crippen LogP contribution is -2.60. The summed E-state index contributed by atoms with van der Waals surface area (Å²) in [5.74, 6) is -0.138. The molecule has 0 saturated carbocycles. The molecule has 1 saturated heterocycles. The molecule has 0 radical (unpaired) electrons. The minimum Gasteiger partial charge on any atom is -0.343 e. The first-order valence-corrected chi connectivity index (χ1v) is 6.33. The third-order valence-corrected chi connectivity index (χ3v) is 3.75. The smallest absolute Gasteiger partial charge is 0.245 e. The summed E-state index contributed by atoms with van der Waals surface area (Å²) in [5, 5.41) is 3.62. The Kier molecular flexibility index (Phi) is 3.15. The normalized spacial score (nSPS) is 25.0. The summed E-state index contributed by atoms with van der Waals surface area (Å²) in [6.07, 6.45) is 1.76. The highest BCUT2D eigenvalue weighted by molar-refractivity contribution is 7.11. The molecule has 0 bridgehead atoms. The van der Waals surface area contributed by atoms with Gasteiger partial charge in [-0.05, 0) is 20.8 Å². The van der Waals surface area contributed by atoms with Crippen LogP contribution in [0.4, 0.5) is 0 Å². The van der Waals surface area contributed by atoms with Gasteiger partial charge in [-0.1, -0.05) is 0 Å². The zero-order valence-electron chi connectivity index (χ0n) is 10.1. The fourth-order valence-electron chi connectivity index (χ4n) is 1.84. The monoisotopic (exact) mass is 253 g/mol. The third kappa shape index (κ3) is 2.31. The molecule has 1 N–H and O–H groups in total. The second kappa shape index (κ2) is 4.44. The number of hydrogen-bond acceptors (Lipinski definition) is 4. The fraction of sp³-hybridized carbons (Fsp3) is 0.545. The average molecular weight is 253 g/mol. The summed E-state index contributed by atoms with van der Waals surface area (Å²) in [6.45, 7) is 5.83. The highest BCUT2D eigenvalue weighted by Gasteiger charge is 2.35. The van der Waals surface area contributed by atoms with E-state index < -0.39 is 12.1 Å². The van der Waals surface area contributed by atoms with Gasteiger partial charge in [-0.3, -0.25) is 9.59 Å². The Morgan fingerprint density at radius 1 is 1.47 bits per heavy atom. The number of carbonyl (C=O) groups excluding carboxylic acids is 2. The number of aryl methyl sites for hydroxylation is 1. The fourth-order valence-corrected chi connectivity index (χ4v) is 2.63. The zero-order chi connectivity index (χ0) is 12.6. The predicted molar refractivity (Wildman–Crippen MR) is 64.5 cm³/mol. The Labute approximate surface area is 104 Å². The van der Waals surface area contributed by atoms with Crippen molar-refractivity contribution in [2.24, 2.45) is 0 Å². The van der Waals surface area contributed by atoms with Gasteiger partial charge < -0.3 is 10.2 Å². The number of piperazine rings is 1. The van der Waals surface area contributed by atoms with Crippen molar-refractivity contribution in [1.29, 1.82) is 0 Å². The van der Waals surface area contributed by atoms with Gasteiger partial charge in [0.1, 0.15) is 12.1 Å². The van der Waals surface area contributed by atoms with Crippen LogP contribution < -0.4 is 5.32 Å². The molecule has 1 aliphatic heterocycles. The van der Waals surface area contributed by atoms with Gasteiger partial charge in [0.15, 0.2) is 0 Å². The molecule has 6 heteroatoms. The quantitative estimate of drug-likeness (QED) is 0.843. The minimum absolute atomic E-state index is 0.0387. The standard InChI is InChI=1S/C11H15N3O2S/c1-6-11(16)14(7(2)10(15)13-6)5-9-4-12-8(3)17-9/h4,6-7H,5H2,1-3H3,(H,13,15). The van der Waals surface area contributed by atoms with Crippen LogP contribution >= 0.6 is 11.3 Å². The molecule has 5 nitrogen and oxygen atoms in total. The summed E-state index contributed by atoms with van der Waals surface area (Å²) < 4.78 is 0. The lowest BCUT2D eigenvalue weighted by atomic mass is 10.1. The van der Waals surface area contributed by atoms with E-state index in [1.807, 2.05) is 6.92 Å². The maximum absolute atomic E-state index is 12.0. The minimum atomic E-state index is -0.437. The Morgan fingerprint density at radius 3 is 2.76 bits per heavy atom. The van der Waals surface area contributed by atoms with Crippen molar-refractivity contribution < 1.29 is 9.59 Å². The van der Waals surface area contributed by atoms with Crippen molar-refractivity contribution in [3.05, 3.63) is 16.1 Å². The molecule has 92 valence electrons. The van der Waals surface area contributed by atoms with Crippen LogP contribution in [0.15, 0.2) is 6.20 Å². The van der Waals surface area contributed by atoms with Crippen LogP contribution in [0.25, 0.3) is 0 Å². The molecule has 0 spiro atoms. The van der Waals surface area contributed by atoms with Crippen LogP contribution in [-0.2, 0) is 16.1 Å². The summed E-state index contributed by atoms with van der Waals surface area (Å²) >= 11 is 1.55. The molecule has 2 amide bonds. The molecular formula is C11H15N3O2S. The lowest BCUT2D eigenvalue weighted by Gasteiger charge is -2.35. The number of carbonyl (C=O) groups is 2. The van der Waals surface area contributed by atoms with Gasteiger partial charge in [0.05, 0.1) is 11.6 Å². The first-order chi connectivity index (χ1) is 7.99. The number of thiazole rings is 1. The van der Waals surface area contributed by atoms with E-state index in [0.29, 0.717) is 6.54 Å². The van der Waals surface area contributed by atoms with Crippen LogP contribution in [0.2, 0.25) is 0 Å². The average Bonchev–Trinajstić information content (AvgIpc) is 2.68. The molecule has 1 fully saturated rings. The van der Waals surface area contributed by atoms with E-state index in [0.717, 1.165) is 9.88 Å². The molecule has 2 heterocycles. The molecule has 17 heavy (non-hydrogen) atoms. The zero-order valence-corrected chi connectivity index (χ0v) is 10.9. The van der Waals surface area contributed by atoms with Crippen LogP contribution in [0, 0.1) is 6.92 Å². The maximum atomic E-state index is 12.0. The summed E-state index contributed by atoms with van der Waals surface area (Å²) in [6, 6.07) is -0.853. The molecule has 1 aromatic rings. The number of nitrogens with one attached hydrogen (secondary N) is 1. The molecule has 0 aromatic carbocycles. The highest BCUT2D eigenvalue weighted by atomic mass is 32.1. The molecule has 2 unspecified atom stereocenters. The molecule has 1 aromatic heterocycles. The number of aromatic nitrogens is 1. The predicted octanol–water partition coefficient (Wildman–Crippen LogP) is 0.687. The number of rotatable bonds is 2. The summed E-state index contributed by atoms with van der Waals surface area (Å²) in [4.78, 5) is 30.4. The Bertz CT molecular complexity index is 457. The second-order valence-corrected chi connectivity index (χ2v) is 5.54. The van der Waals surface area contributed by atoms with Crippen molar-refractivity contribution in [3.8, 4) is 0 Å². The van der Waals surface area contributed by atoms with E-state index in [4.69, 9.17) is 0 Å². The van der Waals surface area contributed by atoms with Gasteiger partial charge in [0.25, 0.3) is 0 Å². The van der Waals surface area contributed by atoms with Crippen LogP contribution in [0.5, 0.6) is 0 Å². The van der Waals surface area contributed by atoms with Crippen LogP contribution in [-0.4, -0.2) is 33.8 Å². The topological polar surface area (TPSA) is 62.3 Å². The SMILES string of the molecule is Cc1ncc(CN2C(=O)C(C)NC(=O)C2C)s1. The lowest BCUT2D eigenvalue weighted by molar-refractivity contribution is -0.148. The van der Waals surface area contributed by atoms with Gasteiger partial charge in [-0.15, -0.1) is 11.3 Å². The van der Waals surface area contributed by atoms with Gasteiger partial charge in [-0.25, -0.2) is 4.98 Å². The first kappa shape index (κ1) is 12.0. The number of nitrogens with zero attached hydrogens (tertiary/aromatic N) is 2. The number of amides is 2. The highest BCUT2D eigenvalue weighted by Crippen LogP contribution is 2.18. The Hall–Kier alpha value is -1.43. The van der Waals surface area contributed by atoms with Gasteiger partial charge in [0.2, 0.25) is 11.8 Å². The van der Waals surface area contributed by atoms with E-state index in [-0.39, 0.29) is 11.8 Å². The van der Waals surface area contributed by atoms with Gasteiger partial charge >= 0.3 is 0 Å². The van der Waals surface area contributed by atoms with Crippen molar-refractivity contribution in [2.75, 3.05) is 0 Å². The van der Waals surface area contributed by atoms with Crippen molar-refractivity contribution in [2.45, 2.75) is 39.4 Å². The number of hydrogen-bond donors (Lipinski definition) is 1. The summed E-state index contributed by atoms with van der Waals surface area (Å²) in [7, 11) is 0. The molecule has 0 aliphatic carbocycles. The maximum Gasteiger partial charge on any atom is 0.245 e. The third-order valence-electron chi connectivity index (χ3n) is 2.85. The molecule has 2 rings (SSSR count). The largest absolute Gasteiger partial charge is 0.343 e. The van der Waals surface area contributed by atoms with Crippen molar-refractivity contribution in [3.63, 3.8) is 0 Å². The summed E-state index contributed by atoms with van der Waals surface area (Å²) in [5.41, 5.74) is 0. The first-order valence-electron chi connectivity index (χ1n) is 5.51. The Morgan fingerprint density at radius 2 is 2.18 bits per heavy atom. The van der Waals surface area contributed by atoms with Crippen LogP contribution in [0.1, 0.15) is 23.7 Å². The van der Waals surface area contributed by atoms with Gasteiger partial charge in [0, 0.05) is 11.1 Å². The van der Waals surface area contributed by atoms with Crippen molar-refractivity contribution >= 4 is 23.2 Å². The van der Waals surface area contributed by atoms with E-state index >= 15 is 0 Å². The molecular weight excluding hydrogens is 238 g/mol. The van der Waals surface area contributed by atoms with E-state index in [1.54, 1.807) is 36.3 Å². The van der Waals surface area contributed by atoms with Crippen molar-refractivity contribution in [1.82, 2.24) is 15.2 Å². The Balaban J connectivity index is 2.17.